The van der Waals surface area contributed by atoms with Crippen LogP contribution in [0.5, 0.6) is 0 Å². The largest absolute Gasteiger partial charge is 0.461 e. The second-order valence-corrected chi connectivity index (χ2v) is 9.48. The molecular formula is C24H46O5. The highest BCUT2D eigenvalue weighted by atomic mass is 16.6. The number of methoxy groups -OCH3 is 1. The summed E-state index contributed by atoms with van der Waals surface area (Å²) in [6.07, 6.45) is 1.39. The van der Waals surface area contributed by atoms with Gasteiger partial charge in [0.25, 0.3) is 0 Å². The molecule has 2 aliphatic rings. The average Bonchev–Trinajstić information content (AvgIpc) is 2.99. The van der Waals surface area contributed by atoms with Crippen LogP contribution in [0.25, 0.3) is 0 Å². The number of esters is 1. The van der Waals surface area contributed by atoms with Crippen LogP contribution < -0.4 is 0 Å². The molecule has 0 spiro atoms. The SMILES string of the molecule is CC.CC[C@@H](O)[C@H](C)C1OC(=O)[C@H](C)[C@@H](OC)C(C)C[C@]2(C)CC(C)C(O2)[C@@H]1C. The van der Waals surface area contributed by atoms with Crippen LogP contribution in [0, 0.1) is 29.6 Å². The molecule has 10 atom stereocenters. The Morgan fingerprint density at radius 3 is 2.24 bits per heavy atom. The number of cyclic esters (lactones) is 1. The fourth-order valence-corrected chi connectivity index (χ4v) is 5.62. The van der Waals surface area contributed by atoms with Crippen molar-refractivity contribution in [3.05, 3.63) is 0 Å². The van der Waals surface area contributed by atoms with E-state index in [2.05, 4.69) is 27.7 Å². The summed E-state index contributed by atoms with van der Waals surface area (Å²) >= 11 is 0. The van der Waals surface area contributed by atoms with Gasteiger partial charge in [-0.3, -0.25) is 4.79 Å². The lowest BCUT2D eigenvalue weighted by atomic mass is 9.78. The minimum absolute atomic E-state index is 0.0147. The number of aliphatic hydroxyl groups excluding tert-OH is 1. The normalized spacial score (nSPS) is 42.7. The Morgan fingerprint density at radius 2 is 1.72 bits per heavy atom. The molecule has 0 aromatic carbocycles. The molecule has 4 unspecified atom stereocenters. The number of rotatable bonds is 4. The molecule has 0 aromatic heterocycles. The number of ether oxygens (including phenoxy) is 3. The molecule has 2 aliphatic heterocycles. The van der Waals surface area contributed by atoms with E-state index >= 15 is 0 Å². The Bertz CT molecular complexity index is 509. The molecule has 5 nitrogen and oxygen atoms in total. The second-order valence-electron chi connectivity index (χ2n) is 9.48. The van der Waals surface area contributed by atoms with Crippen molar-refractivity contribution in [2.24, 2.45) is 29.6 Å². The lowest BCUT2D eigenvalue weighted by molar-refractivity contribution is -0.171. The highest BCUT2D eigenvalue weighted by Gasteiger charge is 2.49. The first kappa shape index (κ1) is 26.4. The van der Waals surface area contributed by atoms with Gasteiger partial charge < -0.3 is 19.3 Å². The summed E-state index contributed by atoms with van der Waals surface area (Å²) in [5.74, 6) is -0.174. The van der Waals surface area contributed by atoms with Crippen LogP contribution in [0.4, 0.5) is 0 Å². The molecule has 0 radical (unpaired) electrons. The molecule has 172 valence electrons. The van der Waals surface area contributed by atoms with Gasteiger partial charge in [-0.2, -0.15) is 0 Å². The number of fused-ring (bicyclic) bond motifs is 2. The summed E-state index contributed by atoms with van der Waals surface area (Å²) < 4.78 is 18.4. The molecule has 5 heteroatoms. The van der Waals surface area contributed by atoms with Gasteiger partial charge >= 0.3 is 5.97 Å². The van der Waals surface area contributed by atoms with E-state index in [9.17, 15) is 9.90 Å². The van der Waals surface area contributed by atoms with Crippen molar-refractivity contribution in [1.29, 1.82) is 0 Å². The van der Waals surface area contributed by atoms with E-state index in [1.54, 1.807) is 7.11 Å². The third-order valence-electron chi connectivity index (χ3n) is 7.02. The van der Waals surface area contributed by atoms with Crippen molar-refractivity contribution in [3.8, 4) is 0 Å². The molecule has 2 fully saturated rings. The molecule has 2 rings (SSSR count). The maximum Gasteiger partial charge on any atom is 0.311 e. The lowest BCUT2D eigenvalue weighted by Crippen LogP contribution is -2.45. The number of hydrogen-bond donors (Lipinski definition) is 1. The van der Waals surface area contributed by atoms with Crippen LogP contribution in [0.15, 0.2) is 0 Å². The van der Waals surface area contributed by atoms with Crippen LogP contribution in [0.2, 0.25) is 0 Å². The van der Waals surface area contributed by atoms with E-state index in [0.717, 1.165) is 12.8 Å². The van der Waals surface area contributed by atoms with E-state index < -0.39 is 6.10 Å². The minimum Gasteiger partial charge on any atom is -0.461 e. The van der Waals surface area contributed by atoms with Gasteiger partial charge in [0.1, 0.15) is 6.10 Å². The van der Waals surface area contributed by atoms with Crippen molar-refractivity contribution in [2.75, 3.05) is 7.11 Å². The monoisotopic (exact) mass is 414 g/mol. The molecule has 2 heterocycles. The van der Waals surface area contributed by atoms with Crippen molar-refractivity contribution < 1.29 is 24.1 Å². The molecule has 0 amide bonds. The van der Waals surface area contributed by atoms with Gasteiger partial charge in [0.15, 0.2) is 0 Å². The van der Waals surface area contributed by atoms with E-state index in [4.69, 9.17) is 14.2 Å². The summed E-state index contributed by atoms with van der Waals surface area (Å²) in [6, 6.07) is 0. The van der Waals surface area contributed by atoms with Gasteiger partial charge in [-0.15, -0.1) is 0 Å². The molecular weight excluding hydrogens is 368 g/mol. The highest BCUT2D eigenvalue weighted by Crippen LogP contribution is 2.45. The molecule has 0 saturated carbocycles. The predicted octanol–water partition coefficient (Wildman–Crippen LogP) is 4.84. The molecule has 2 saturated heterocycles. The molecule has 0 aliphatic carbocycles. The van der Waals surface area contributed by atoms with Crippen LogP contribution in [-0.2, 0) is 19.0 Å². The Hall–Kier alpha value is -0.650. The van der Waals surface area contributed by atoms with Gasteiger partial charge in [-0.25, -0.2) is 0 Å². The molecule has 1 N–H and O–H groups in total. The first-order valence-electron chi connectivity index (χ1n) is 11.6. The smallest absolute Gasteiger partial charge is 0.311 e. The molecule has 29 heavy (non-hydrogen) atoms. The van der Waals surface area contributed by atoms with E-state index in [1.165, 1.54) is 0 Å². The van der Waals surface area contributed by atoms with Crippen LogP contribution in [-0.4, -0.2) is 48.2 Å². The Kier molecular flexibility index (Phi) is 10.1. The summed E-state index contributed by atoms with van der Waals surface area (Å²) in [5, 5.41) is 10.5. The van der Waals surface area contributed by atoms with E-state index in [1.807, 2.05) is 34.6 Å². The van der Waals surface area contributed by atoms with Crippen molar-refractivity contribution in [1.82, 2.24) is 0 Å². The number of aliphatic hydroxyl groups is 1. The zero-order valence-corrected chi connectivity index (χ0v) is 20.4. The second kappa shape index (κ2) is 11.1. The average molecular weight is 415 g/mol. The fraction of sp³-hybridized carbons (Fsp3) is 0.958. The maximum atomic E-state index is 13.0. The summed E-state index contributed by atoms with van der Waals surface area (Å²) in [4.78, 5) is 13.0. The van der Waals surface area contributed by atoms with Gasteiger partial charge in [0, 0.05) is 18.9 Å². The fourth-order valence-electron chi connectivity index (χ4n) is 5.62. The Morgan fingerprint density at radius 1 is 1.17 bits per heavy atom. The van der Waals surface area contributed by atoms with Gasteiger partial charge in [-0.05, 0) is 44.9 Å². The third-order valence-corrected chi connectivity index (χ3v) is 7.02. The van der Waals surface area contributed by atoms with Crippen LogP contribution >= 0.6 is 0 Å². The quantitative estimate of drug-likeness (QED) is 0.667. The first-order chi connectivity index (χ1) is 13.5. The first-order valence-corrected chi connectivity index (χ1v) is 11.6. The van der Waals surface area contributed by atoms with Crippen LogP contribution in [0.3, 0.4) is 0 Å². The number of carbonyl (C=O) groups excluding carboxylic acids is 1. The van der Waals surface area contributed by atoms with Crippen LogP contribution in [0.1, 0.15) is 81.6 Å². The van der Waals surface area contributed by atoms with Crippen molar-refractivity contribution >= 4 is 5.97 Å². The third kappa shape index (κ3) is 5.95. The standard InChI is InChI=1S/C22H40O5.C2H6/c1-9-17(23)14(4)20-15(5)19-13(3)11-22(7,27-19)10-12(2)18(25-8)16(6)21(24)26-20;1-2/h12-20,23H,9-11H2,1-8H3;1-2H3/t12?,13?,14-,15-,16+,17+,18-,19?,20?,22+;/m0./s1. The lowest BCUT2D eigenvalue weighted by Gasteiger charge is -2.36. The zero-order chi connectivity index (χ0) is 22.5. The number of hydrogen-bond acceptors (Lipinski definition) is 5. The molecule has 2 bridgehead atoms. The highest BCUT2D eigenvalue weighted by molar-refractivity contribution is 5.73. The van der Waals surface area contributed by atoms with Crippen molar-refractivity contribution in [3.63, 3.8) is 0 Å². The predicted molar refractivity (Wildman–Crippen MR) is 117 cm³/mol. The Balaban J connectivity index is 0.00000204. The molecule has 0 aromatic rings. The van der Waals surface area contributed by atoms with Gasteiger partial charge in [0.2, 0.25) is 0 Å². The van der Waals surface area contributed by atoms with Crippen molar-refractivity contribution in [2.45, 2.75) is 112 Å². The van der Waals surface area contributed by atoms with E-state index in [-0.39, 0.29) is 53.6 Å². The summed E-state index contributed by atoms with van der Waals surface area (Å²) in [5.41, 5.74) is -0.223. The van der Waals surface area contributed by atoms with Gasteiger partial charge in [0.05, 0.1) is 29.8 Å². The van der Waals surface area contributed by atoms with Gasteiger partial charge in [-0.1, -0.05) is 48.5 Å². The zero-order valence-electron chi connectivity index (χ0n) is 20.4. The Labute approximate surface area is 178 Å². The summed E-state index contributed by atoms with van der Waals surface area (Å²) in [6.45, 7) is 18.5. The minimum atomic E-state index is -0.508. The topological polar surface area (TPSA) is 65.0 Å². The summed E-state index contributed by atoms with van der Waals surface area (Å²) in [7, 11) is 1.66. The number of carbonyl (C=O) groups is 1. The maximum absolute atomic E-state index is 13.0. The van der Waals surface area contributed by atoms with E-state index in [0.29, 0.717) is 12.3 Å².